The largest absolute Gasteiger partial charge is 0.354 e. The third-order valence-corrected chi connectivity index (χ3v) is 9.68. The highest BCUT2D eigenvalue weighted by atomic mass is 16.2. The Kier molecular flexibility index (Phi) is 7.90. The number of carbonyl (C=O) groups excluding carboxylic acids is 3. The summed E-state index contributed by atoms with van der Waals surface area (Å²) < 4.78 is 0. The van der Waals surface area contributed by atoms with Gasteiger partial charge in [0.15, 0.2) is 11.3 Å². The lowest BCUT2D eigenvalue weighted by molar-refractivity contribution is -0.142. The predicted octanol–water partition coefficient (Wildman–Crippen LogP) is 5.94. The molecule has 228 valence electrons. The summed E-state index contributed by atoms with van der Waals surface area (Å²) in [6, 6.07) is 13.7. The van der Waals surface area contributed by atoms with Gasteiger partial charge in [-0.25, -0.2) is 9.97 Å². The second-order valence-electron chi connectivity index (χ2n) is 13.0. The van der Waals surface area contributed by atoms with E-state index in [1.165, 1.54) is 12.5 Å². The standard InChI is InChI=1S/C35H40N6O3/c1-22-15-26(27-20-37-24(3)38-21-27)16-28-32(22)39-40-35(28,23(2)42)19-31(43)41-29(17-34(4)18-30(34)41)33(44)36-14-10-6-9-13-25-11-7-5-8-12-25/h5,7-8,11-12,15-16,20-21,29-30H,6,9-10,13-14,17-19H2,1-4H3,(H,36,44)/t29-,30+,34-,35?/m0/s1. The van der Waals surface area contributed by atoms with Crippen molar-refractivity contribution in [3.05, 3.63) is 77.4 Å². The van der Waals surface area contributed by atoms with Crippen LogP contribution in [0, 0.1) is 19.3 Å². The van der Waals surface area contributed by atoms with E-state index in [2.05, 4.69) is 56.7 Å². The van der Waals surface area contributed by atoms with Crippen molar-refractivity contribution in [3.63, 3.8) is 0 Å². The van der Waals surface area contributed by atoms with Crippen LogP contribution in [-0.4, -0.2) is 51.1 Å². The van der Waals surface area contributed by atoms with Crippen molar-refractivity contribution in [1.29, 1.82) is 0 Å². The molecule has 3 aliphatic rings. The van der Waals surface area contributed by atoms with E-state index in [1.54, 1.807) is 17.3 Å². The number of piperidine rings is 1. The molecule has 2 fully saturated rings. The number of nitrogens with zero attached hydrogens (tertiary/aromatic N) is 5. The molecule has 3 heterocycles. The summed E-state index contributed by atoms with van der Waals surface area (Å²) in [6.07, 6.45) is 8.82. The first-order chi connectivity index (χ1) is 21.1. The smallest absolute Gasteiger partial charge is 0.242 e. The quantitative estimate of drug-likeness (QED) is 0.277. The maximum atomic E-state index is 14.1. The molecule has 2 aliphatic heterocycles. The number of ketones is 1. The number of hydrogen-bond donors (Lipinski definition) is 1. The van der Waals surface area contributed by atoms with Crippen LogP contribution in [0.25, 0.3) is 11.1 Å². The second kappa shape index (κ2) is 11.7. The van der Waals surface area contributed by atoms with E-state index in [0.29, 0.717) is 30.0 Å². The summed E-state index contributed by atoms with van der Waals surface area (Å²) >= 11 is 0. The zero-order chi connectivity index (χ0) is 31.1. The number of nitrogens with one attached hydrogen (secondary N) is 1. The Bertz CT molecular complexity index is 1620. The summed E-state index contributed by atoms with van der Waals surface area (Å²) in [5, 5.41) is 12.0. The number of unbranched alkanes of at least 4 members (excludes halogenated alkanes) is 2. The number of likely N-dealkylation sites (tertiary alicyclic amines) is 1. The van der Waals surface area contributed by atoms with Crippen molar-refractivity contribution in [1.82, 2.24) is 20.2 Å². The number of amides is 2. The molecule has 44 heavy (non-hydrogen) atoms. The van der Waals surface area contributed by atoms with Gasteiger partial charge in [-0.3, -0.25) is 14.4 Å². The molecule has 0 spiro atoms. The highest BCUT2D eigenvalue weighted by Crippen LogP contribution is 2.60. The van der Waals surface area contributed by atoms with Gasteiger partial charge >= 0.3 is 0 Å². The lowest BCUT2D eigenvalue weighted by atomic mass is 9.81. The molecular formula is C35H40N6O3. The van der Waals surface area contributed by atoms with Crippen LogP contribution in [-0.2, 0) is 26.3 Å². The number of hydrogen-bond acceptors (Lipinski definition) is 7. The van der Waals surface area contributed by atoms with E-state index in [4.69, 9.17) is 0 Å². The van der Waals surface area contributed by atoms with E-state index >= 15 is 0 Å². The molecular weight excluding hydrogens is 552 g/mol. The number of rotatable bonds is 11. The van der Waals surface area contributed by atoms with Crippen LogP contribution >= 0.6 is 0 Å². The first kappa shape index (κ1) is 29.8. The first-order valence-corrected chi connectivity index (χ1v) is 15.6. The van der Waals surface area contributed by atoms with Gasteiger partial charge in [0, 0.05) is 36.1 Å². The fraction of sp³-hybridized carbons (Fsp3) is 0.457. The summed E-state index contributed by atoms with van der Waals surface area (Å²) in [4.78, 5) is 51.3. The Morgan fingerprint density at radius 2 is 1.73 bits per heavy atom. The normalized spacial score (nSPS) is 24.6. The SMILES string of the molecule is CC(=O)C1(CC(=O)N2[C@H](C(=O)NCCCCCc3ccccc3)C[C@@]3(C)C[C@@H]23)N=Nc2c(C)cc(-c3cnc(C)nc3)cc21. The molecule has 1 saturated heterocycles. The lowest BCUT2D eigenvalue weighted by Crippen LogP contribution is -2.50. The van der Waals surface area contributed by atoms with Crippen LogP contribution in [0.5, 0.6) is 0 Å². The molecule has 0 radical (unpaired) electrons. The Morgan fingerprint density at radius 1 is 0.977 bits per heavy atom. The lowest BCUT2D eigenvalue weighted by Gasteiger charge is -2.30. The van der Waals surface area contributed by atoms with Gasteiger partial charge in [-0.05, 0) is 87.1 Å². The van der Waals surface area contributed by atoms with Crippen molar-refractivity contribution in [2.75, 3.05) is 6.54 Å². The van der Waals surface area contributed by atoms with Gasteiger partial charge in [0.05, 0.1) is 12.1 Å². The topological polar surface area (TPSA) is 117 Å². The average Bonchev–Trinajstić information content (AvgIpc) is 3.35. The van der Waals surface area contributed by atoms with Crippen molar-refractivity contribution in [2.24, 2.45) is 15.6 Å². The maximum Gasteiger partial charge on any atom is 0.242 e. The Hall–Kier alpha value is -4.27. The summed E-state index contributed by atoms with van der Waals surface area (Å²) in [7, 11) is 0. The fourth-order valence-corrected chi connectivity index (χ4v) is 6.92. The Labute approximate surface area is 258 Å². The minimum absolute atomic E-state index is 0.00350. The molecule has 0 bridgehead atoms. The molecule has 2 aromatic carbocycles. The molecule has 4 atom stereocenters. The first-order valence-electron chi connectivity index (χ1n) is 15.6. The Balaban J connectivity index is 1.15. The number of azo groups is 1. The Morgan fingerprint density at radius 3 is 2.45 bits per heavy atom. The molecule has 2 amide bonds. The van der Waals surface area contributed by atoms with Gasteiger partial charge < -0.3 is 10.2 Å². The third-order valence-electron chi connectivity index (χ3n) is 9.68. The zero-order valence-corrected chi connectivity index (χ0v) is 26.0. The molecule has 1 N–H and O–H groups in total. The summed E-state index contributed by atoms with van der Waals surface area (Å²) in [5.74, 6) is 0.0691. The fourth-order valence-electron chi connectivity index (χ4n) is 6.92. The summed E-state index contributed by atoms with van der Waals surface area (Å²) in [6.45, 7) is 7.93. The minimum Gasteiger partial charge on any atom is -0.354 e. The molecule has 1 saturated carbocycles. The maximum absolute atomic E-state index is 14.1. The van der Waals surface area contributed by atoms with E-state index in [9.17, 15) is 14.4 Å². The minimum atomic E-state index is -1.44. The highest BCUT2D eigenvalue weighted by Gasteiger charge is 2.65. The van der Waals surface area contributed by atoms with E-state index in [0.717, 1.165) is 48.8 Å². The van der Waals surface area contributed by atoms with E-state index in [1.807, 2.05) is 32.0 Å². The monoisotopic (exact) mass is 592 g/mol. The summed E-state index contributed by atoms with van der Waals surface area (Å²) in [5.41, 5.74) is 3.55. The van der Waals surface area contributed by atoms with E-state index in [-0.39, 0.29) is 35.5 Å². The van der Waals surface area contributed by atoms with Crippen LogP contribution < -0.4 is 5.32 Å². The van der Waals surface area contributed by atoms with Crippen molar-refractivity contribution >= 4 is 23.3 Å². The van der Waals surface area contributed by atoms with Crippen LogP contribution in [0.15, 0.2) is 65.1 Å². The number of fused-ring (bicyclic) bond motifs is 2. The van der Waals surface area contributed by atoms with Gasteiger partial charge in [-0.2, -0.15) is 10.2 Å². The second-order valence-corrected chi connectivity index (χ2v) is 13.0. The number of aryl methyl sites for hydroxylation is 3. The number of carbonyl (C=O) groups is 3. The van der Waals surface area contributed by atoms with Crippen molar-refractivity contribution < 1.29 is 14.4 Å². The van der Waals surface area contributed by atoms with Gasteiger partial charge in [-0.15, -0.1) is 0 Å². The molecule has 3 aromatic rings. The van der Waals surface area contributed by atoms with Crippen LogP contribution in [0.1, 0.15) is 74.9 Å². The van der Waals surface area contributed by atoms with Gasteiger partial charge in [-0.1, -0.05) is 43.7 Å². The average molecular weight is 593 g/mol. The van der Waals surface area contributed by atoms with Crippen molar-refractivity contribution in [3.8, 4) is 11.1 Å². The third kappa shape index (κ3) is 5.55. The molecule has 1 unspecified atom stereocenters. The number of aromatic nitrogens is 2. The molecule has 1 aromatic heterocycles. The van der Waals surface area contributed by atoms with Gasteiger partial charge in [0.1, 0.15) is 11.9 Å². The van der Waals surface area contributed by atoms with Crippen LogP contribution in [0.4, 0.5) is 5.69 Å². The highest BCUT2D eigenvalue weighted by molar-refractivity contribution is 5.98. The van der Waals surface area contributed by atoms with Crippen molar-refractivity contribution in [2.45, 2.75) is 90.3 Å². The van der Waals surface area contributed by atoms with Crippen LogP contribution in [0.2, 0.25) is 0 Å². The van der Waals surface area contributed by atoms with E-state index < -0.39 is 11.6 Å². The molecule has 6 rings (SSSR count). The predicted molar refractivity (Wildman–Crippen MR) is 167 cm³/mol. The van der Waals surface area contributed by atoms with Gasteiger partial charge in [0.2, 0.25) is 11.8 Å². The molecule has 9 nitrogen and oxygen atoms in total. The molecule has 9 heteroatoms. The number of benzene rings is 2. The van der Waals surface area contributed by atoms with Crippen LogP contribution in [0.3, 0.4) is 0 Å². The number of Topliss-reactive ketones (excluding diaryl/α,β-unsaturated/α-hetero) is 1. The van der Waals surface area contributed by atoms with Gasteiger partial charge in [0.25, 0.3) is 0 Å². The zero-order valence-electron chi connectivity index (χ0n) is 26.0. The molecule has 1 aliphatic carbocycles.